The molecule has 1 aromatic carbocycles. The number of piperidine rings is 1. The number of hydrogen-bond acceptors (Lipinski definition) is 6. The Morgan fingerprint density at radius 2 is 2.15 bits per heavy atom. The van der Waals surface area contributed by atoms with Gasteiger partial charge in [-0.05, 0) is 32.4 Å². The van der Waals surface area contributed by atoms with E-state index in [1.54, 1.807) is 35.6 Å². The SMILES string of the molecule is CC(=O)c1cccc(C(=O)N[C@@H]2CCN(Cc3csc(C)n3)C[C@H]2O)c1. The molecule has 1 aliphatic heterocycles. The Kier molecular flexibility index (Phi) is 5.80. The minimum Gasteiger partial charge on any atom is -0.390 e. The maximum atomic E-state index is 12.5. The van der Waals surface area contributed by atoms with Crippen molar-refractivity contribution >= 4 is 23.0 Å². The molecule has 0 spiro atoms. The molecule has 0 saturated carbocycles. The first-order valence-electron chi connectivity index (χ1n) is 8.65. The predicted molar refractivity (Wildman–Crippen MR) is 100 cm³/mol. The second-order valence-corrected chi connectivity index (χ2v) is 7.73. The fourth-order valence-electron chi connectivity index (χ4n) is 3.15. The van der Waals surface area contributed by atoms with Crippen LogP contribution >= 0.6 is 11.3 Å². The standard InChI is InChI=1S/C19H23N3O3S/c1-12(23)14-4-3-5-15(8-14)19(25)21-17-6-7-22(10-18(17)24)9-16-11-26-13(2)20-16/h3-5,8,11,17-18,24H,6-7,9-10H2,1-2H3,(H,21,25)/t17-,18-/m1/s1. The third-order valence-corrected chi connectivity index (χ3v) is 5.39. The maximum absolute atomic E-state index is 12.5. The van der Waals surface area contributed by atoms with Gasteiger partial charge in [0.05, 0.1) is 22.8 Å². The third kappa shape index (κ3) is 4.55. The van der Waals surface area contributed by atoms with Gasteiger partial charge < -0.3 is 10.4 Å². The lowest BCUT2D eigenvalue weighted by Gasteiger charge is -2.36. The van der Waals surface area contributed by atoms with Crippen molar-refractivity contribution in [3.05, 3.63) is 51.5 Å². The second kappa shape index (κ2) is 8.07. The van der Waals surface area contributed by atoms with E-state index in [1.807, 2.05) is 12.3 Å². The number of amides is 1. The van der Waals surface area contributed by atoms with Crippen LogP contribution < -0.4 is 5.32 Å². The van der Waals surface area contributed by atoms with Gasteiger partial charge in [-0.2, -0.15) is 0 Å². The summed E-state index contributed by atoms with van der Waals surface area (Å²) < 4.78 is 0. The molecule has 2 N–H and O–H groups in total. The van der Waals surface area contributed by atoms with E-state index in [-0.39, 0.29) is 17.7 Å². The number of likely N-dealkylation sites (tertiary alicyclic amines) is 1. The Hall–Kier alpha value is -2.09. The van der Waals surface area contributed by atoms with E-state index in [4.69, 9.17) is 0 Å². The summed E-state index contributed by atoms with van der Waals surface area (Å²) in [6, 6.07) is 6.35. The van der Waals surface area contributed by atoms with Gasteiger partial charge in [-0.1, -0.05) is 12.1 Å². The number of rotatable bonds is 5. The molecule has 1 amide bonds. The number of nitrogens with zero attached hydrogens (tertiary/aromatic N) is 2. The largest absolute Gasteiger partial charge is 0.390 e. The van der Waals surface area contributed by atoms with Gasteiger partial charge in [-0.25, -0.2) is 4.98 Å². The van der Waals surface area contributed by atoms with E-state index in [9.17, 15) is 14.7 Å². The molecule has 7 heteroatoms. The number of benzene rings is 1. The Morgan fingerprint density at radius 1 is 1.38 bits per heavy atom. The highest BCUT2D eigenvalue weighted by molar-refractivity contribution is 7.09. The second-order valence-electron chi connectivity index (χ2n) is 6.67. The highest BCUT2D eigenvalue weighted by Gasteiger charge is 2.29. The summed E-state index contributed by atoms with van der Waals surface area (Å²) in [6.07, 6.45) is 0.0334. The lowest BCUT2D eigenvalue weighted by Crippen LogP contribution is -2.53. The molecule has 1 aromatic heterocycles. The van der Waals surface area contributed by atoms with Gasteiger partial charge in [-0.3, -0.25) is 14.5 Å². The normalized spacial score (nSPS) is 20.7. The van der Waals surface area contributed by atoms with E-state index >= 15 is 0 Å². The number of carbonyl (C=O) groups is 2. The number of aliphatic hydroxyl groups excluding tert-OH is 1. The first-order valence-corrected chi connectivity index (χ1v) is 9.53. The van der Waals surface area contributed by atoms with Crippen molar-refractivity contribution < 1.29 is 14.7 Å². The van der Waals surface area contributed by atoms with Gasteiger partial charge >= 0.3 is 0 Å². The van der Waals surface area contributed by atoms with E-state index in [2.05, 4.69) is 15.2 Å². The van der Waals surface area contributed by atoms with Crippen LogP contribution in [-0.2, 0) is 6.54 Å². The molecule has 1 fully saturated rings. The molecule has 0 unspecified atom stereocenters. The average molecular weight is 373 g/mol. The molecule has 2 heterocycles. The summed E-state index contributed by atoms with van der Waals surface area (Å²) in [6.45, 7) is 5.44. The number of nitrogens with one attached hydrogen (secondary N) is 1. The average Bonchev–Trinajstić information content (AvgIpc) is 3.02. The molecule has 2 atom stereocenters. The number of Topliss-reactive ketones (excluding diaryl/α,β-unsaturated/α-hetero) is 1. The van der Waals surface area contributed by atoms with Crippen LogP contribution in [0.15, 0.2) is 29.6 Å². The van der Waals surface area contributed by atoms with Crippen LogP contribution in [0.5, 0.6) is 0 Å². The summed E-state index contributed by atoms with van der Waals surface area (Å²) in [5.41, 5.74) is 1.96. The number of aromatic nitrogens is 1. The summed E-state index contributed by atoms with van der Waals surface area (Å²) in [4.78, 5) is 30.5. The molecule has 26 heavy (non-hydrogen) atoms. The molecule has 3 rings (SSSR count). The minimum atomic E-state index is -0.636. The smallest absolute Gasteiger partial charge is 0.251 e. The molecule has 0 aliphatic carbocycles. The fourth-order valence-corrected chi connectivity index (χ4v) is 3.75. The highest BCUT2D eigenvalue weighted by atomic mass is 32.1. The summed E-state index contributed by atoms with van der Waals surface area (Å²) in [5.74, 6) is -0.342. The lowest BCUT2D eigenvalue weighted by atomic mass is 10.0. The quantitative estimate of drug-likeness (QED) is 0.784. The van der Waals surface area contributed by atoms with Crippen molar-refractivity contribution in [3.63, 3.8) is 0 Å². The fraction of sp³-hybridized carbons (Fsp3) is 0.421. The molecule has 1 saturated heterocycles. The third-order valence-electron chi connectivity index (χ3n) is 4.57. The van der Waals surface area contributed by atoms with Crippen molar-refractivity contribution in [1.82, 2.24) is 15.2 Å². The van der Waals surface area contributed by atoms with E-state index in [0.717, 1.165) is 17.2 Å². The summed E-state index contributed by atoms with van der Waals surface area (Å²) in [5, 5.41) is 16.4. The molecule has 138 valence electrons. The zero-order valence-corrected chi connectivity index (χ0v) is 15.8. The van der Waals surface area contributed by atoms with Gasteiger partial charge in [0.1, 0.15) is 0 Å². The number of aliphatic hydroxyl groups is 1. The molecular formula is C19H23N3O3S. The van der Waals surface area contributed by atoms with Crippen LogP contribution in [-0.4, -0.2) is 51.9 Å². The lowest BCUT2D eigenvalue weighted by molar-refractivity contribution is 0.0346. The number of ketones is 1. The van der Waals surface area contributed by atoms with Crippen molar-refractivity contribution in [2.75, 3.05) is 13.1 Å². The first-order chi connectivity index (χ1) is 12.4. The Bertz CT molecular complexity index is 805. The van der Waals surface area contributed by atoms with Crippen molar-refractivity contribution in [2.24, 2.45) is 0 Å². The Labute approximate surface area is 156 Å². The van der Waals surface area contributed by atoms with Crippen molar-refractivity contribution in [2.45, 2.75) is 39.0 Å². The van der Waals surface area contributed by atoms with Crippen LogP contribution in [0.4, 0.5) is 0 Å². The summed E-state index contributed by atoms with van der Waals surface area (Å²) >= 11 is 1.62. The zero-order chi connectivity index (χ0) is 18.7. The molecule has 0 radical (unpaired) electrons. The number of aryl methyl sites for hydroxylation is 1. The number of carbonyl (C=O) groups excluding carboxylic acids is 2. The van der Waals surface area contributed by atoms with Gasteiger partial charge in [0.25, 0.3) is 5.91 Å². The van der Waals surface area contributed by atoms with E-state index < -0.39 is 6.10 Å². The number of β-amino-alcohol motifs (C(OH)–C–C–N with tert-alkyl or cyclic N) is 1. The van der Waals surface area contributed by atoms with Gasteiger partial charge in [-0.15, -0.1) is 11.3 Å². The van der Waals surface area contributed by atoms with Crippen LogP contribution in [0.25, 0.3) is 0 Å². The van der Waals surface area contributed by atoms with Crippen LogP contribution in [0, 0.1) is 6.92 Å². The molecule has 2 aromatic rings. The molecule has 6 nitrogen and oxygen atoms in total. The van der Waals surface area contributed by atoms with E-state index in [0.29, 0.717) is 30.6 Å². The van der Waals surface area contributed by atoms with Crippen LogP contribution in [0.2, 0.25) is 0 Å². The van der Waals surface area contributed by atoms with Crippen molar-refractivity contribution in [3.8, 4) is 0 Å². The number of hydrogen-bond donors (Lipinski definition) is 2. The zero-order valence-electron chi connectivity index (χ0n) is 14.9. The first kappa shape index (κ1) is 18.7. The molecule has 0 bridgehead atoms. The topological polar surface area (TPSA) is 82.5 Å². The monoisotopic (exact) mass is 373 g/mol. The van der Waals surface area contributed by atoms with Crippen molar-refractivity contribution in [1.29, 1.82) is 0 Å². The van der Waals surface area contributed by atoms with Gasteiger partial charge in [0.15, 0.2) is 5.78 Å². The molecular weight excluding hydrogens is 350 g/mol. The maximum Gasteiger partial charge on any atom is 0.251 e. The summed E-state index contributed by atoms with van der Waals surface area (Å²) in [7, 11) is 0. The minimum absolute atomic E-state index is 0.0785. The van der Waals surface area contributed by atoms with E-state index in [1.165, 1.54) is 6.92 Å². The molecule has 1 aliphatic rings. The van der Waals surface area contributed by atoms with Gasteiger partial charge in [0.2, 0.25) is 0 Å². The Balaban J connectivity index is 1.57. The predicted octanol–water partition coefficient (Wildman–Crippen LogP) is 2.02. The van der Waals surface area contributed by atoms with Gasteiger partial charge in [0, 0.05) is 36.1 Å². The van der Waals surface area contributed by atoms with Crippen LogP contribution in [0.1, 0.15) is 44.8 Å². The van der Waals surface area contributed by atoms with Crippen LogP contribution in [0.3, 0.4) is 0 Å². The number of thiazole rings is 1. The highest BCUT2D eigenvalue weighted by Crippen LogP contribution is 2.17. The Morgan fingerprint density at radius 3 is 2.81 bits per heavy atom.